The van der Waals surface area contributed by atoms with Crippen molar-refractivity contribution in [3.05, 3.63) is 48.5 Å². The number of hydrogen-bond acceptors (Lipinski definition) is 5. The molecule has 2 amide bonds. The van der Waals surface area contributed by atoms with Gasteiger partial charge in [0.2, 0.25) is 0 Å². The van der Waals surface area contributed by atoms with Crippen LogP contribution in [0.25, 0.3) is 0 Å². The normalized spacial score (nSPS) is 14.0. The maximum atomic E-state index is 12.2. The van der Waals surface area contributed by atoms with Gasteiger partial charge in [-0.2, -0.15) is 0 Å². The second kappa shape index (κ2) is 7.67. The van der Waals surface area contributed by atoms with Gasteiger partial charge in [-0.05, 0) is 24.3 Å². The van der Waals surface area contributed by atoms with E-state index >= 15 is 0 Å². The van der Waals surface area contributed by atoms with Crippen LogP contribution in [0.2, 0.25) is 0 Å². The lowest BCUT2D eigenvalue weighted by molar-refractivity contribution is -0.132. The Morgan fingerprint density at radius 3 is 2.44 bits per heavy atom. The number of phenols is 1. The molecule has 0 spiro atoms. The van der Waals surface area contributed by atoms with Gasteiger partial charge in [0.25, 0.3) is 0 Å². The summed E-state index contributed by atoms with van der Waals surface area (Å²) in [6.07, 6.45) is 0. The zero-order valence-corrected chi connectivity index (χ0v) is 13.6. The van der Waals surface area contributed by atoms with Crippen molar-refractivity contribution in [2.45, 2.75) is 0 Å². The summed E-state index contributed by atoms with van der Waals surface area (Å²) in [5.41, 5.74) is 1.77. The Morgan fingerprint density at radius 2 is 1.68 bits per heavy atom. The molecule has 1 aliphatic rings. The summed E-state index contributed by atoms with van der Waals surface area (Å²) in [6, 6.07) is 13.3. The van der Waals surface area contributed by atoms with Gasteiger partial charge < -0.3 is 25.4 Å². The molecule has 2 aromatic rings. The predicted molar refractivity (Wildman–Crippen MR) is 94.8 cm³/mol. The first kappa shape index (κ1) is 16.8. The summed E-state index contributed by atoms with van der Waals surface area (Å²) in [5, 5.41) is 14.5. The molecular formula is C18H19N3O4. The molecular weight excluding hydrogens is 322 g/mol. The quantitative estimate of drug-likeness (QED) is 0.741. The molecule has 3 N–H and O–H groups in total. The van der Waals surface area contributed by atoms with Gasteiger partial charge in [0.05, 0.1) is 24.6 Å². The molecule has 0 atom stereocenters. The van der Waals surface area contributed by atoms with Crippen LogP contribution in [0, 0.1) is 0 Å². The molecule has 0 aromatic heterocycles. The summed E-state index contributed by atoms with van der Waals surface area (Å²) in [7, 11) is 0. The second-order valence-electron chi connectivity index (χ2n) is 5.58. The zero-order chi connectivity index (χ0) is 17.6. The van der Waals surface area contributed by atoms with Crippen LogP contribution in [0.15, 0.2) is 48.5 Å². The van der Waals surface area contributed by atoms with Gasteiger partial charge in [0, 0.05) is 24.8 Å². The molecule has 0 saturated carbocycles. The lowest BCUT2D eigenvalue weighted by atomic mass is 10.2. The highest BCUT2D eigenvalue weighted by Gasteiger charge is 2.19. The molecule has 0 bridgehead atoms. The van der Waals surface area contributed by atoms with Crippen molar-refractivity contribution in [2.75, 3.05) is 41.8 Å². The number of morpholine rings is 1. The second-order valence-corrected chi connectivity index (χ2v) is 5.58. The zero-order valence-electron chi connectivity index (χ0n) is 13.6. The maximum Gasteiger partial charge on any atom is 0.314 e. The van der Waals surface area contributed by atoms with Crippen LogP contribution in [0.5, 0.6) is 5.75 Å². The number of aromatic hydroxyl groups is 1. The van der Waals surface area contributed by atoms with Gasteiger partial charge in [-0.3, -0.25) is 9.59 Å². The molecule has 7 nitrogen and oxygen atoms in total. The van der Waals surface area contributed by atoms with Crippen LogP contribution in [-0.4, -0.2) is 43.2 Å². The SMILES string of the molecule is O=C(Nc1cccc(O)c1)C(=O)Nc1ccccc1N1CCOCC1. The molecule has 1 heterocycles. The minimum absolute atomic E-state index is 0.0101. The lowest BCUT2D eigenvalue weighted by Crippen LogP contribution is -2.37. The van der Waals surface area contributed by atoms with E-state index in [9.17, 15) is 14.7 Å². The van der Waals surface area contributed by atoms with Gasteiger partial charge in [0.15, 0.2) is 0 Å². The number of nitrogens with one attached hydrogen (secondary N) is 2. The summed E-state index contributed by atoms with van der Waals surface area (Å²) in [5.74, 6) is -1.57. The van der Waals surface area contributed by atoms with Crippen molar-refractivity contribution in [2.24, 2.45) is 0 Å². The number of para-hydroxylation sites is 2. The third-order valence-corrected chi connectivity index (χ3v) is 3.81. The number of carbonyl (C=O) groups excluding carboxylic acids is 2. The Morgan fingerprint density at radius 1 is 0.960 bits per heavy atom. The Balaban J connectivity index is 1.69. The average Bonchev–Trinajstić information content (AvgIpc) is 2.63. The highest BCUT2D eigenvalue weighted by molar-refractivity contribution is 6.43. The summed E-state index contributed by atoms with van der Waals surface area (Å²) >= 11 is 0. The molecule has 7 heteroatoms. The van der Waals surface area contributed by atoms with Crippen LogP contribution < -0.4 is 15.5 Å². The molecule has 130 valence electrons. The fourth-order valence-corrected chi connectivity index (χ4v) is 2.61. The number of benzene rings is 2. The fraction of sp³-hybridized carbons (Fsp3) is 0.222. The minimum atomic E-state index is -0.803. The highest BCUT2D eigenvalue weighted by atomic mass is 16.5. The standard InChI is InChI=1S/C18H19N3O4/c22-14-5-3-4-13(12-14)19-17(23)18(24)20-15-6-1-2-7-16(15)21-8-10-25-11-9-21/h1-7,12,22H,8-11H2,(H,19,23)(H,20,24). The molecule has 0 aliphatic carbocycles. The van der Waals surface area contributed by atoms with Gasteiger partial charge >= 0.3 is 11.8 Å². The minimum Gasteiger partial charge on any atom is -0.508 e. The molecule has 1 aliphatic heterocycles. The van der Waals surface area contributed by atoms with E-state index in [2.05, 4.69) is 15.5 Å². The number of rotatable bonds is 3. The topological polar surface area (TPSA) is 90.9 Å². The van der Waals surface area contributed by atoms with Crippen LogP contribution in [0.3, 0.4) is 0 Å². The Hall–Kier alpha value is -3.06. The first-order chi connectivity index (χ1) is 12.1. The van der Waals surface area contributed by atoms with E-state index in [0.717, 1.165) is 18.8 Å². The Labute approximate surface area is 145 Å². The largest absolute Gasteiger partial charge is 0.508 e. The number of amides is 2. The predicted octanol–water partition coefficient (Wildman–Crippen LogP) is 1.81. The lowest BCUT2D eigenvalue weighted by Gasteiger charge is -2.30. The molecule has 0 unspecified atom stereocenters. The summed E-state index contributed by atoms with van der Waals surface area (Å²) in [6.45, 7) is 2.70. The Kier molecular flexibility index (Phi) is 5.15. The number of ether oxygens (including phenoxy) is 1. The third-order valence-electron chi connectivity index (χ3n) is 3.81. The smallest absolute Gasteiger partial charge is 0.314 e. The van der Waals surface area contributed by atoms with Crippen LogP contribution in [-0.2, 0) is 14.3 Å². The first-order valence-corrected chi connectivity index (χ1v) is 7.96. The van der Waals surface area contributed by atoms with Crippen molar-refractivity contribution < 1.29 is 19.4 Å². The van der Waals surface area contributed by atoms with Crippen molar-refractivity contribution in [3.8, 4) is 5.75 Å². The number of nitrogens with zero attached hydrogens (tertiary/aromatic N) is 1. The number of carbonyl (C=O) groups is 2. The molecule has 1 fully saturated rings. The fourth-order valence-electron chi connectivity index (χ4n) is 2.61. The first-order valence-electron chi connectivity index (χ1n) is 7.96. The van der Waals surface area contributed by atoms with Crippen LogP contribution in [0.1, 0.15) is 0 Å². The van der Waals surface area contributed by atoms with E-state index in [1.807, 2.05) is 12.1 Å². The number of phenolic OH excluding ortho intramolecular Hbond substituents is 1. The van der Waals surface area contributed by atoms with E-state index in [0.29, 0.717) is 24.6 Å². The Bertz CT molecular complexity index is 772. The van der Waals surface area contributed by atoms with Gasteiger partial charge in [0.1, 0.15) is 5.75 Å². The van der Waals surface area contributed by atoms with E-state index in [-0.39, 0.29) is 5.75 Å². The van der Waals surface area contributed by atoms with Crippen molar-refractivity contribution >= 4 is 28.9 Å². The number of hydrogen-bond donors (Lipinski definition) is 3. The van der Waals surface area contributed by atoms with Gasteiger partial charge in [-0.1, -0.05) is 18.2 Å². The summed E-state index contributed by atoms with van der Waals surface area (Å²) < 4.78 is 5.34. The van der Waals surface area contributed by atoms with Crippen molar-refractivity contribution in [1.82, 2.24) is 0 Å². The van der Waals surface area contributed by atoms with E-state index in [1.165, 1.54) is 12.1 Å². The average molecular weight is 341 g/mol. The van der Waals surface area contributed by atoms with Crippen molar-refractivity contribution in [3.63, 3.8) is 0 Å². The molecule has 2 aromatic carbocycles. The molecule has 1 saturated heterocycles. The summed E-state index contributed by atoms with van der Waals surface area (Å²) in [4.78, 5) is 26.4. The van der Waals surface area contributed by atoms with Crippen LogP contribution >= 0.6 is 0 Å². The number of anilines is 3. The van der Waals surface area contributed by atoms with E-state index < -0.39 is 11.8 Å². The molecule has 25 heavy (non-hydrogen) atoms. The van der Waals surface area contributed by atoms with Gasteiger partial charge in [-0.25, -0.2) is 0 Å². The van der Waals surface area contributed by atoms with Gasteiger partial charge in [-0.15, -0.1) is 0 Å². The molecule has 3 rings (SSSR count). The monoisotopic (exact) mass is 341 g/mol. The maximum absolute atomic E-state index is 12.2. The van der Waals surface area contributed by atoms with E-state index in [1.54, 1.807) is 24.3 Å². The third kappa shape index (κ3) is 4.27. The van der Waals surface area contributed by atoms with E-state index in [4.69, 9.17) is 4.74 Å². The van der Waals surface area contributed by atoms with Crippen LogP contribution in [0.4, 0.5) is 17.1 Å². The highest BCUT2D eigenvalue weighted by Crippen LogP contribution is 2.26. The van der Waals surface area contributed by atoms with Crippen molar-refractivity contribution in [1.29, 1.82) is 0 Å². The molecule has 0 radical (unpaired) electrons.